The number of fused-ring (bicyclic) bond motifs is 1. The highest BCUT2D eigenvalue weighted by atomic mass is 32.1. The minimum Gasteiger partial charge on any atom is -0.446 e. The number of alkyl carbamates (subject to hydrolysis) is 1. The van der Waals surface area contributed by atoms with Crippen LogP contribution in [0.5, 0.6) is 0 Å². The van der Waals surface area contributed by atoms with Crippen LogP contribution < -0.4 is 10.6 Å². The molecule has 8 nitrogen and oxygen atoms in total. The molecule has 1 atom stereocenters. The molecule has 1 unspecified atom stereocenters. The van der Waals surface area contributed by atoms with Gasteiger partial charge in [0.2, 0.25) is 5.91 Å². The van der Waals surface area contributed by atoms with Crippen LogP contribution in [0.1, 0.15) is 28.0 Å². The number of carbonyl (C=O) groups excluding carboxylic acids is 2. The molecule has 2 aromatic heterocycles. The van der Waals surface area contributed by atoms with E-state index < -0.39 is 6.09 Å². The number of hydrogen-bond acceptors (Lipinski definition) is 7. The highest BCUT2D eigenvalue weighted by Gasteiger charge is 2.28. The van der Waals surface area contributed by atoms with E-state index in [2.05, 4.69) is 40.0 Å². The number of carbonyl (C=O) groups is 2. The molecule has 0 radical (unpaired) electrons. The third kappa shape index (κ3) is 6.48. The number of nitrogens with zero attached hydrogens (tertiary/aromatic N) is 3. The van der Waals surface area contributed by atoms with Crippen molar-refractivity contribution in [3.8, 4) is 6.07 Å². The Morgan fingerprint density at radius 1 is 1.42 bits per heavy atom. The van der Waals surface area contributed by atoms with Gasteiger partial charge in [-0.05, 0) is 48.4 Å². The molecule has 3 rings (SSSR count). The maximum absolute atomic E-state index is 12.3. The number of rotatable bonds is 8. The summed E-state index contributed by atoms with van der Waals surface area (Å²) in [6, 6.07) is 5.86. The third-order valence-corrected chi connectivity index (χ3v) is 6.07. The van der Waals surface area contributed by atoms with Gasteiger partial charge in [0.05, 0.1) is 5.56 Å². The van der Waals surface area contributed by atoms with Crippen molar-refractivity contribution in [1.29, 1.82) is 5.26 Å². The third-order valence-electron chi connectivity index (χ3n) is 4.91. The van der Waals surface area contributed by atoms with Gasteiger partial charge in [-0.25, -0.2) is 4.79 Å². The van der Waals surface area contributed by atoms with E-state index >= 15 is 0 Å². The van der Waals surface area contributed by atoms with Gasteiger partial charge in [0.1, 0.15) is 17.2 Å². The van der Waals surface area contributed by atoms with E-state index in [1.165, 1.54) is 23.6 Å². The number of allylic oxidation sites excluding steroid dienone is 3. The number of pyridine rings is 1. The Morgan fingerprint density at radius 3 is 2.97 bits per heavy atom. The van der Waals surface area contributed by atoms with Crippen molar-refractivity contribution in [1.82, 2.24) is 10.3 Å². The first-order valence-electron chi connectivity index (χ1n) is 10.2. The number of amides is 2. The van der Waals surface area contributed by atoms with E-state index in [1.54, 1.807) is 30.6 Å². The normalized spacial score (nSPS) is 15.2. The average molecular weight is 462 g/mol. The van der Waals surface area contributed by atoms with Gasteiger partial charge in [-0.2, -0.15) is 5.26 Å². The molecular weight excluding hydrogens is 438 g/mol. The molecule has 0 spiro atoms. The molecule has 1 aliphatic carbocycles. The first-order valence-corrected chi connectivity index (χ1v) is 11.0. The lowest BCUT2D eigenvalue weighted by atomic mass is 9.94. The molecule has 0 fully saturated rings. The minimum absolute atomic E-state index is 0.299. The van der Waals surface area contributed by atoms with Crippen molar-refractivity contribution in [2.24, 2.45) is 4.99 Å². The molecule has 9 heteroatoms. The molecule has 0 saturated carbocycles. The van der Waals surface area contributed by atoms with Gasteiger partial charge in [-0.15, -0.1) is 11.3 Å². The summed E-state index contributed by atoms with van der Waals surface area (Å²) in [5.74, 6) is -0.371. The zero-order chi connectivity index (χ0) is 23.6. The van der Waals surface area contributed by atoms with Gasteiger partial charge in [0.25, 0.3) is 0 Å². The highest BCUT2D eigenvalue weighted by Crippen LogP contribution is 2.38. The van der Waals surface area contributed by atoms with Crippen LogP contribution >= 0.6 is 11.3 Å². The molecule has 2 N–H and O–H groups in total. The van der Waals surface area contributed by atoms with Crippen LogP contribution in [0.25, 0.3) is 0 Å². The summed E-state index contributed by atoms with van der Waals surface area (Å²) in [6.07, 6.45) is 10.2. The Balaban J connectivity index is 1.61. The molecule has 0 aromatic carbocycles. The van der Waals surface area contributed by atoms with E-state index in [0.29, 0.717) is 41.9 Å². The Kier molecular flexibility index (Phi) is 8.27. The fourth-order valence-electron chi connectivity index (χ4n) is 3.33. The van der Waals surface area contributed by atoms with Crippen LogP contribution in [-0.2, 0) is 28.9 Å². The molecule has 0 bridgehead atoms. The predicted molar refractivity (Wildman–Crippen MR) is 128 cm³/mol. The number of nitrogens with one attached hydrogen (secondary N) is 2. The van der Waals surface area contributed by atoms with Gasteiger partial charge in [-0.1, -0.05) is 18.7 Å². The molecule has 0 saturated heterocycles. The molecular formula is C24H23N5O3S. The number of ether oxygens (including phenoxy) is 1. The summed E-state index contributed by atoms with van der Waals surface area (Å²) in [7, 11) is 0. The van der Waals surface area contributed by atoms with Gasteiger partial charge in [0, 0.05) is 42.5 Å². The minimum atomic E-state index is -0.497. The van der Waals surface area contributed by atoms with E-state index in [-0.39, 0.29) is 12.0 Å². The van der Waals surface area contributed by atoms with Crippen molar-refractivity contribution in [2.45, 2.75) is 31.9 Å². The molecule has 1 aliphatic rings. The van der Waals surface area contributed by atoms with Gasteiger partial charge < -0.3 is 15.4 Å². The number of nitriles is 1. The Morgan fingerprint density at radius 2 is 2.27 bits per heavy atom. The lowest BCUT2D eigenvalue weighted by Gasteiger charge is -2.22. The standard InChI is InChI=1S/C24H23N5O3S/c1-3-16(13-26-2)6-9-22(30)29-23-20(12-25)19-8-7-18(11-21(19)33-23)32-24(31)28-15-17-5-4-10-27-14-17/h3-6,9-10,13-14,18H,1-2,7-8,11,15H2,(H,28,31)(H,29,30)/b9-6+,16-13+. The number of aliphatic imine (C=N–C) groups is 1. The Hall–Kier alpha value is -4.03. The van der Waals surface area contributed by atoms with Crippen LogP contribution in [-0.4, -0.2) is 29.8 Å². The summed E-state index contributed by atoms with van der Waals surface area (Å²) >= 11 is 1.33. The lowest BCUT2D eigenvalue weighted by Crippen LogP contribution is -2.31. The highest BCUT2D eigenvalue weighted by molar-refractivity contribution is 7.16. The van der Waals surface area contributed by atoms with Crippen LogP contribution in [0.2, 0.25) is 0 Å². The smallest absolute Gasteiger partial charge is 0.407 e. The maximum Gasteiger partial charge on any atom is 0.407 e. The molecule has 168 valence electrons. The number of anilines is 1. The van der Waals surface area contributed by atoms with E-state index in [4.69, 9.17) is 4.74 Å². The largest absolute Gasteiger partial charge is 0.446 e. The van der Waals surface area contributed by atoms with Crippen molar-refractivity contribution in [3.63, 3.8) is 0 Å². The van der Waals surface area contributed by atoms with Crippen LogP contribution in [0, 0.1) is 11.3 Å². The summed E-state index contributed by atoms with van der Waals surface area (Å²) in [5.41, 5.74) is 2.87. The van der Waals surface area contributed by atoms with Crippen molar-refractivity contribution < 1.29 is 14.3 Å². The van der Waals surface area contributed by atoms with Crippen LogP contribution in [0.4, 0.5) is 9.80 Å². The van der Waals surface area contributed by atoms with Crippen LogP contribution in [0.15, 0.2) is 66.1 Å². The lowest BCUT2D eigenvalue weighted by molar-refractivity contribution is -0.111. The molecule has 33 heavy (non-hydrogen) atoms. The second kappa shape index (κ2) is 11.5. The van der Waals surface area contributed by atoms with Gasteiger partial charge in [0.15, 0.2) is 0 Å². The predicted octanol–water partition coefficient (Wildman–Crippen LogP) is 4.06. The van der Waals surface area contributed by atoms with Gasteiger partial charge >= 0.3 is 6.09 Å². The zero-order valence-electron chi connectivity index (χ0n) is 17.9. The van der Waals surface area contributed by atoms with Crippen molar-refractivity contribution in [2.75, 3.05) is 5.32 Å². The van der Waals surface area contributed by atoms with E-state index in [9.17, 15) is 14.9 Å². The molecule has 2 heterocycles. The quantitative estimate of drug-likeness (QED) is 0.349. The number of hydrogen-bond donors (Lipinski definition) is 2. The van der Waals surface area contributed by atoms with E-state index in [0.717, 1.165) is 16.0 Å². The first kappa shape index (κ1) is 23.6. The zero-order valence-corrected chi connectivity index (χ0v) is 18.7. The maximum atomic E-state index is 12.3. The number of thiophene rings is 1. The monoisotopic (exact) mass is 461 g/mol. The topological polar surface area (TPSA) is 116 Å². The van der Waals surface area contributed by atoms with Crippen molar-refractivity contribution >= 4 is 35.1 Å². The summed E-state index contributed by atoms with van der Waals surface area (Å²) in [4.78, 5) is 33.1. The Bertz CT molecular complexity index is 1140. The number of aromatic nitrogens is 1. The fourth-order valence-corrected chi connectivity index (χ4v) is 4.59. The molecule has 2 amide bonds. The average Bonchev–Trinajstić information content (AvgIpc) is 3.17. The first-order chi connectivity index (χ1) is 16.0. The Labute approximate surface area is 196 Å². The second-order valence-corrected chi connectivity index (χ2v) is 8.25. The summed E-state index contributed by atoms with van der Waals surface area (Å²) in [5, 5.41) is 15.6. The molecule has 0 aliphatic heterocycles. The molecule has 2 aromatic rings. The van der Waals surface area contributed by atoms with Crippen LogP contribution in [0.3, 0.4) is 0 Å². The van der Waals surface area contributed by atoms with Crippen molar-refractivity contribution in [3.05, 3.63) is 82.7 Å². The van der Waals surface area contributed by atoms with Gasteiger partial charge in [-0.3, -0.25) is 14.8 Å². The second-order valence-electron chi connectivity index (χ2n) is 7.14. The van der Waals surface area contributed by atoms with E-state index in [1.807, 2.05) is 6.07 Å². The fraction of sp³-hybridized carbons (Fsp3) is 0.208. The summed E-state index contributed by atoms with van der Waals surface area (Å²) < 4.78 is 5.56. The SMILES string of the molecule is C=CC(/C=C/C(=O)Nc1sc2c(c1C#N)CCC(OC(=O)NCc1cccnc1)C2)=C\N=C. The summed E-state index contributed by atoms with van der Waals surface area (Å²) in [6.45, 7) is 7.35.